The minimum Gasteiger partial charge on any atom is -0.303 e. The van der Waals surface area contributed by atoms with Crippen molar-refractivity contribution in [2.45, 2.75) is 0 Å². The predicted octanol–water partition coefficient (Wildman–Crippen LogP) is -0.676. The van der Waals surface area contributed by atoms with Gasteiger partial charge in [0.25, 0.3) is 0 Å². The molecule has 0 aromatic rings. The highest BCUT2D eigenvalue weighted by Gasteiger charge is 2.19. The third-order valence-corrected chi connectivity index (χ3v) is 1.08. The van der Waals surface area contributed by atoms with Gasteiger partial charge in [0, 0.05) is 0 Å². The van der Waals surface area contributed by atoms with E-state index in [1.165, 1.54) is 0 Å². The highest BCUT2D eigenvalue weighted by molar-refractivity contribution is 7.47. The Hall–Kier alpha value is 0.220. The van der Waals surface area contributed by atoms with Gasteiger partial charge in [0.05, 0.1) is 0 Å². The first-order chi connectivity index (χ1) is 4.71. The summed E-state index contributed by atoms with van der Waals surface area (Å²) in [6, 6.07) is 0. The highest BCUT2D eigenvalue weighted by Crippen LogP contribution is 2.42. The Labute approximate surface area is 61.2 Å². The van der Waals surface area contributed by atoms with Crippen molar-refractivity contribution in [1.29, 1.82) is 0 Å². The largest absolute Gasteiger partial charge is 0.472 e. The van der Waals surface area contributed by atoms with E-state index in [-0.39, 0.29) is 6.79 Å². The average Bonchev–Trinajstić information content (AvgIpc) is 1.55. The van der Waals surface area contributed by atoms with Gasteiger partial charge < -0.3 is 19.6 Å². The van der Waals surface area contributed by atoms with Crippen LogP contribution in [0.4, 0.5) is 0 Å². The van der Waals surface area contributed by atoms with E-state index in [0.29, 0.717) is 0 Å². The fourth-order valence-corrected chi connectivity index (χ4v) is 0.510. The Morgan fingerprint density at radius 2 is 1.18 bits per heavy atom. The normalized spacial score (nSPS) is 13.5. The molecule has 10 heteroatoms. The van der Waals surface area contributed by atoms with Crippen LogP contribution in [0, 0.1) is 6.79 Å². The van der Waals surface area contributed by atoms with Crippen molar-refractivity contribution < 1.29 is 37.8 Å². The van der Waals surface area contributed by atoms with Crippen LogP contribution in [-0.2, 0) is 18.2 Å². The third kappa shape index (κ3) is 10.2. The van der Waals surface area contributed by atoms with Crippen LogP contribution in [0.15, 0.2) is 0 Å². The van der Waals surface area contributed by atoms with Gasteiger partial charge in [0.15, 0.2) is 0 Å². The van der Waals surface area contributed by atoms with Crippen LogP contribution in [0.3, 0.4) is 0 Å². The molecule has 67 valence electrons. The Kier molecular flexibility index (Phi) is 3.83. The number of hydrogen-bond donors (Lipinski definition) is 4. The molecule has 4 N–H and O–H groups in total. The Morgan fingerprint density at radius 1 is 0.909 bits per heavy atom. The second-order valence-electron chi connectivity index (χ2n) is 1.29. The Morgan fingerprint density at radius 3 is 1.36 bits per heavy atom. The molecule has 0 spiro atoms. The molecule has 0 aliphatic heterocycles. The molecule has 0 heterocycles. The molecule has 0 bridgehead atoms. The zero-order valence-electron chi connectivity index (χ0n) is 4.89. The quantitative estimate of drug-likeness (QED) is 0.445. The molecule has 0 saturated heterocycles. The first-order valence-electron chi connectivity index (χ1n) is 2.00. The second kappa shape index (κ2) is 3.75. The third-order valence-electron chi connectivity index (χ3n) is 0.361. The van der Waals surface area contributed by atoms with Crippen LogP contribution in [0.2, 0.25) is 0 Å². The summed E-state index contributed by atoms with van der Waals surface area (Å²) in [6.07, 6.45) is 0. The SMILES string of the molecule is O=P(O)(O)O[CH]OP(=O)(O)O. The molecule has 0 aromatic heterocycles. The van der Waals surface area contributed by atoms with Crippen molar-refractivity contribution in [3.05, 3.63) is 6.79 Å². The Balaban J connectivity index is 3.61. The summed E-state index contributed by atoms with van der Waals surface area (Å²) < 4.78 is 26.5. The lowest BCUT2D eigenvalue weighted by Crippen LogP contribution is -1.89. The van der Waals surface area contributed by atoms with Gasteiger partial charge in [0.1, 0.15) is 0 Å². The van der Waals surface area contributed by atoms with Crippen molar-refractivity contribution in [2.24, 2.45) is 0 Å². The maximum atomic E-state index is 9.83. The minimum atomic E-state index is -4.78. The van der Waals surface area contributed by atoms with E-state index in [1.807, 2.05) is 0 Å². The summed E-state index contributed by atoms with van der Waals surface area (Å²) in [6.45, 7) is -0.110. The molecule has 8 nitrogen and oxygen atoms in total. The maximum absolute atomic E-state index is 9.83. The molecule has 0 atom stereocenters. The predicted molar refractivity (Wildman–Crippen MR) is 30.6 cm³/mol. The number of rotatable bonds is 4. The van der Waals surface area contributed by atoms with E-state index in [2.05, 4.69) is 9.05 Å². The molecule has 11 heavy (non-hydrogen) atoms. The summed E-state index contributed by atoms with van der Waals surface area (Å²) in [5.74, 6) is 0. The molecule has 0 fully saturated rings. The van der Waals surface area contributed by atoms with Gasteiger partial charge in [-0.05, 0) is 0 Å². The van der Waals surface area contributed by atoms with Crippen molar-refractivity contribution in [1.82, 2.24) is 0 Å². The molecule has 0 aliphatic rings. The van der Waals surface area contributed by atoms with Crippen LogP contribution in [0.5, 0.6) is 0 Å². The van der Waals surface area contributed by atoms with Crippen LogP contribution in [-0.4, -0.2) is 19.6 Å². The van der Waals surface area contributed by atoms with Crippen molar-refractivity contribution in [3.8, 4) is 0 Å². The first-order valence-corrected chi connectivity index (χ1v) is 5.06. The van der Waals surface area contributed by atoms with Crippen molar-refractivity contribution in [2.75, 3.05) is 0 Å². The first kappa shape index (κ1) is 11.2. The van der Waals surface area contributed by atoms with Crippen LogP contribution in [0.1, 0.15) is 0 Å². The topological polar surface area (TPSA) is 134 Å². The van der Waals surface area contributed by atoms with Gasteiger partial charge in [-0.25, -0.2) is 9.13 Å². The summed E-state index contributed by atoms with van der Waals surface area (Å²) >= 11 is 0. The van der Waals surface area contributed by atoms with E-state index < -0.39 is 15.6 Å². The lowest BCUT2D eigenvalue weighted by atomic mass is 11.6. The number of hydrogen-bond acceptors (Lipinski definition) is 4. The van der Waals surface area contributed by atoms with Gasteiger partial charge in [-0.1, -0.05) is 0 Å². The van der Waals surface area contributed by atoms with Crippen molar-refractivity contribution >= 4 is 15.6 Å². The average molecular weight is 207 g/mol. The van der Waals surface area contributed by atoms with E-state index >= 15 is 0 Å². The molecule has 0 aromatic carbocycles. The molecule has 0 rings (SSSR count). The van der Waals surface area contributed by atoms with Gasteiger partial charge in [0.2, 0.25) is 6.79 Å². The minimum absolute atomic E-state index is 0.110. The maximum Gasteiger partial charge on any atom is 0.472 e. The standard InChI is InChI=1S/CH5O8P2/c2-10(3,4)8-1-9-11(5,6)7/h1H,(H2,2,3,4)(H2,5,6,7). The van der Waals surface area contributed by atoms with Gasteiger partial charge in [-0.15, -0.1) is 0 Å². The molecular weight excluding hydrogens is 202 g/mol. The Bertz CT molecular complexity index is 174. The zero-order valence-corrected chi connectivity index (χ0v) is 6.68. The van der Waals surface area contributed by atoms with Gasteiger partial charge in [-0.2, -0.15) is 0 Å². The van der Waals surface area contributed by atoms with Gasteiger partial charge >= 0.3 is 15.6 Å². The summed E-state index contributed by atoms with van der Waals surface area (Å²) in [4.78, 5) is 31.8. The van der Waals surface area contributed by atoms with E-state index in [1.54, 1.807) is 0 Å². The van der Waals surface area contributed by atoms with Crippen LogP contribution >= 0.6 is 15.6 Å². The zero-order chi connectivity index (χ0) is 9.12. The molecule has 0 unspecified atom stereocenters. The van der Waals surface area contributed by atoms with E-state index in [0.717, 1.165) is 0 Å². The number of phosphoric acid groups is 2. The summed E-state index contributed by atoms with van der Waals surface area (Å²) in [5.41, 5.74) is 0. The van der Waals surface area contributed by atoms with Crippen molar-refractivity contribution in [3.63, 3.8) is 0 Å². The van der Waals surface area contributed by atoms with Crippen LogP contribution < -0.4 is 0 Å². The molecule has 0 aliphatic carbocycles. The lowest BCUT2D eigenvalue weighted by molar-refractivity contribution is 0.123. The second-order valence-corrected chi connectivity index (χ2v) is 3.67. The molecule has 1 radical (unpaired) electrons. The molecule has 0 saturated carbocycles. The highest BCUT2D eigenvalue weighted by atomic mass is 31.2. The van der Waals surface area contributed by atoms with E-state index in [4.69, 9.17) is 19.6 Å². The number of phosphoric ester groups is 2. The lowest BCUT2D eigenvalue weighted by Gasteiger charge is -2.04. The molecule has 0 amide bonds. The van der Waals surface area contributed by atoms with Crippen LogP contribution in [0.25, 0.3) is 0 Å². The van der Waals surface area contributed by atoms with E-state index in [9.17, 15) is 9.13 Å². The molecular formula is CH5O8P2. The summed E-state index contributed by atoms with van der Waals surface area (Å²) in [7, 11) is -9.55. The fraction of sp³-hybridized carbons (Fsp3) is 0. The summed E-state index contributed by atoms with van der Waals surface area (Å²) in [5, 5.41) is 0. The fourth-order valence-electron chi connectivity index (χ4n) is 0.131. The smallest absolute Gasteiger partial charge is 0.303 e. The van der Waals surface area contributed by atoms with Gasteiger partial charge in [-0.3, -0.25) is 9.05 Å². The monoisotopic (exact) mass is 207 g/mol.